The third-order valence-electron chi connectivity index (χ3n) is 2.45. The zero-order valence-electron chi connectivity index (χ0n) is 10.5. The Balaban J connectivity index is 2.45. The number of rotatable bonds is 5. The molecular weight excluding hydrogens is 233 g/mol. The summed E-state index contributed by atoms with van der Waals surface area (Å²) < 4.78 is 12.9. The van der Waals surface area contributed by atoms with Gasteiger partial charge in [-0.3, -0.25) is 4.79 Å². The Bertz CT molecular complexity index is 456. The number of likely N-dealkylation sites (N-methyl/N-ethyl adjacent to an activating group) is 1. The van der Waals surface area contributed by atoms with Crippen LogP contribution in [0.4, 0.5) is 10.1 Å². The van der Waals surface area contributed by atoms with Gasteiger partial charge in [0.15, 0.2) is 6.54 Å². The summed E-state index contributed by atoms with van der Waals surface area (Å²) in [7, 11) is 1.85. The van der Waals surface area contributed by atoms with Gasteiger partial charge in [0.2, 0.25) is 0 Å². The fraction of sp³-hybridized carbons (Fsp3) is 0.385. The number of nitriles is 1. The molecule has 0 radical (unpaired) electrons. The van der Waals surface area contributed by atoms with Crippen molar-refractivity contribution in [2.24, 2.45) is 5.92 Å². The molecule has 0 saturated heterocycles. The second kappa shape index (κ2) is 6.72. The second-order valence-corrected chi connectivity index (χ2v) is 4.43. The van der Waals surface area contributed by atoms with Gasteiger partial charge < -0.3 is 10.2 Å². The average molecular weight is 250 g/mol. The van der Waals surface area contributed by atoms with Crippen molar-refractivity contribution in [2.75, 3.05) is 25.5 Å². The number of anilines is 1. The van der Waals surface area contributed by atoms with Gasteiger partial charge >= 0.3 is 0 Å². The van der Waals surface area contributed by atoms with E-state index in [1.54, 1.807) is 12.1 Å². The van der Waals surface area contributed by atoms with Crippen molar-refractivity contribution in [1.29, 1.82) is 5.26 Å². The summed E-state index contributed by atoms with van der Waals surface area (Å²) in [6.45, 7) is 2.67. The highest BCUT2D eigenvalue weighted by molar-refractivity contribution is 5.91. The van der Waals surface area contributed by atoms with Crippen LogP contribution in [0, 0.1) is 23.1 Å². The van der Waals surface area contributed by atoms with Crippen LogP contribution < -0.4 is 10.2 Å². The highest BCUT2D eigenvalue weighted by Gasteiger charge is 2.13. The van der Waals surface area contributed by atoms with E-state index in [1.165, 1.54) is 12.1 Å². The molecule has 18 heavy (non-hydrogen) atoms. The lowest BCUT2D eigenvalue weighted by Gasteiger charge is -2.14. The molecule has 0 bridgehead atoms. The minimum Gasteiger partial charge on any atom is -0.329 e. The van der Waals surface area contributed by atoms with E-state index < -0.39 is 0 Å². The summed E-state index contributed by atoms with van der Waals surface area (Å²) in [5, 5.41) is 11.3. The van der Waals surface area contributed by atoms with E-state index in [4.69, 9.17) is 5.26 Å². The molecule has 2 N–H and O–H groups in total. The quantitative estimate of drug-likeness (QED) is 0.796. The lowest BCUT2D eigenvalue weighted by Crippen LogP contribution is -3.10. The smallest absolute Gasteiger partial charge is 0.279 e. The summed E-state index contributed by atoms with van der Waals surface area (Å²) in [5.41, 5.74) is 0.445. The summed E-state index contributed by atoms with van der Waals surface area (Å²) in [4.78, 5) is 12.6. The maximum Gasteiger partial charge on any atom is 0.279 e. The van der Waals surface area contributed by atoms with Crippen LogP contribution in [-0.2, 0) is 4.79 Å². The Morgan fingerprint density at radius 3 is 2.94 bits per heavy atom. The third-order valence-corrected chi connectivity index (χ3v) is 2.45. The van der Waals surface area contributed by atoms with Gasteiger partial charge in [0.1, 0.15) is 5.82 Å². The molecule has 5 heteroatoms. The van der Waals surface area contributed by atoms with Crippen LogP contribution in [-0.4, -0.2) is 26.0 Å². The van der Waals surface area contributed by atoms with E-state index in [0.29, 0.717) is 12.2 Å². The largest absolute Gasteiger partial charge is 0.329 e. The number of quaternary nitrogens is 1. The van der Waals surface area contributed by atoms with Crippen LogP contribution in [0.2, 0.25) is 0 Å². The number of halogens is 1. The zero-order chi connectivity index (χ0) is 13.5. The van der Waals surface area contributed by atoms with Crippen molar-refractivity contribution in [3.8, 4) is 6.07 Å². The van der Waals surface area contributed by atoms with Crippen LogP contribution >= 0.6 is 0 Å². The Morgan fingerprint density at radius 2 is 2.33 bits per heavy atom. The molecule has 0 aliphatic heterocycles. The van der Waals surface area contributed by atoms with Crippen molar-refractivity contribution < 1.29 is 14.1 Å². The molecule has 0 spiro atoms. The topological polar surface area (TPSA) is 57.3 Å². The fourth-order valence-electron chi connectivity index (χ4n) is 1.69. The van der Waals surface area contributed by atoms with Gasteiger partial charge in [0.25, 0.3) is 5.91 Å². The van der Waals surface area contributed by atoms with Gasteiger partial charge in [-0.1, -0.05) is 6.07 Å². The highest BCUT2D eigenvalue weighted by atomic mass is 19.1. The summed E-state index contributed by atoms with van der Waals surface area (Å²) in [6.07, 6.45) is 0. The van der Waals surface area contributed by atoms with Gasteiger partial charge in [-0.05, 0) is 25.1 Å². The van der Waals surface area contributed by atoms with Gasteiger partial charge in [-0.25, -0.2) is 4.39 Å². The van der Waals surface area contributed by atoms with Crippen LogP contribution in [0.1, 0.15) is 6.92 Å². The first kappa shape index (κ1) is 14.1. The molecule has 1 unspecified atom stereocenters. The first-order valence-corrected chi connectivity index (χ1v) is 5.77. The van der Waals surface area contributed by atoms with Crippen molar-refractivity contribution in [3.63, 3.8) is 0 Å². The number of benzene rings is 1. The summed E-state index contributed by atoms with van der Waals surface area (Å²) >= 11 is 0. The summed E-state index contributed by atoms with van der Waals surface area (Å²) in [6, 6.07) is 7.89. The molecule has 1 aromatic rings. The number of hydrogen-bond donors (Lipinski definition) is 2. The molecule has 0 aromatic heterocycles. The van der Waals surface area contributed by atoms with E-state index >= 15 is 0 Å². The van der Waals surface area contributed by atoms with Crippen molar-refractivity contribution in [3.05, 3.63) is 30.1 Å². The average Bonchev–Trinajstić information content (AvgIpc) is 2.28. The molecule has 96 valence electrons. The van der Waals surface area contributed by atoms with E-state index in [2.05, 4.69) is 11.4 Å². The van der Waals surface area contributed by atoms with Gasteiger partial charge in [-0.2, -0.15) is 5.26 Å². The van der Waals surface area contributed by atoms with E-state index in [0.717, 1.165) is 4.90 Å². The number of nitrogens with zero attached hydrogens (tertiary/aromatic N) is 1. The predicted molar refractivity (Wildman–Crippen MR) is 66.4 cm³/mol. The van der Waals surface area contributed by atoms with E-state index in [-0.39, 0.29) is 24.2 Å². The Kier molecular flexibility index (Phi) is 5.28. The number of carbonyl (C=O) groups excluding carboxylic acids is 1. The van der Waals surface area contributed by atoms with Crippen molar-refractivity contribution in [1.82, 2.24) is 0 Å². The number of nitrogens with one attached hydrogen (secondary N) is 2. The first-order valence-electron chi connectivity index (χ1n) is 5.77. The zero-order valence-corrected chi connectivity index (χ0v) is 10.5. The Labute approximate surface area is 106 Å². The van der Waals surface area contributed by atoms with Crippen molar-refractivity contribution in [2.45, 2.75) is 6.92 Å². The molecular formula is C13H17FN3O+. The SMILES string of the molecule is C[C@@H](C#N)C[NH+](C)CC(=O)Nc1cccc(F)c1. The van der Waals surface area contributed by atoms with Gasteiger partial charge in [0, 0.05) is 5.69 Å². The standard InChI is InChI=1S/C13H16FN3O/c1-10(7-15)8-17(2)9-13(18)16-12-5-3-4-11(14)6-12/h3-6,10H,8-9H2,1-2H3,(H,16,18)/p+1/t10-/m0/s1. The molecule has 0 fully saturated rings. The predicted octanol–water partition coefficient (Wildman–Crippen LogP) is 0.439. The van der Waals surface area contributed by atoms with E-state index in [1.807, 2.05) is 14.0 Å². The normalized spacial score (nSPS) is 13.4. The fourth-order valence-corrected chi connectivity index (χ4v) is 1.69. The Morgan fingerprint density at radius 1 is 1.61 bits per heavy atom. The second-order valence-electron chi connectivity index (χ2n) is 4.43. The maximum absolute atomic E-state index is 12.9. The van der Waals surface area contributed by atoms with Crippen LogP contribution in [0.5, 0.6) is 0 Å². The van der Waals surface area contributed by atoms with Gasteiger partial charge in [0.05, 0.1) is 25.6 Å². The van der Waals surface area contributed by atoms with Crippen LogP contribution in [0.25, 0.3) is 0 Å². The van der Waals surface area contributed by atoms with Crippen molar-refractivity contribution >= 4 is 11.6 Å². The van der Waals surface area contributed by atoms with Gasteiger partial charge in [-0.15, -0.1) is 0 Å². The molecule has 4 nitrogen and oxygen atoms in total. The Hall–Kier alpha value is -1.93. The maximum atomic E-state index is 12.9. The minimum absolute atomic E-state index is 0.0908. The molecule has 1 amide bonds. The molecule has 0 saturated carbocycles. The summed E-state index contributed by atoms with van der Waals surface area (Å²) in [5.74, 6) is -0.665. The molecule has 2 atom stereocenters. The highest BCUT2D eigenvalue weighted by Crippen LogP contribution is 2.08. The van der Waals surface area contributed by atoms with E-state index in [9.17, 15) is 9.18 Å². The lowest BCUT2D eigenvalue weighted by molar-refractivity contribution is -0.873. The molecule has 0 heterocycles. The minimum atomic E-state index is -0.383. The van der Waals surface area contributed by atoms with Crippen LogP contribution in [0.3, 0.4) is 0 Å². The monoisotopic (exact) mass is 250 g/mol. The van der Waals surface area contributed by atoms with Crippen LogP contribution in [0.15, 0.2) is 24.3 Å². The number of carbonyl (C=O) groups is 1. The number of hydrogen-bond acceptors (Lipinski definition) is 2. The molecule has 1 aromatic carbocycles. The third kappa shape index (κ3) is 4.93. The first-order chi connectivity index (χ1) is 8.51. The molecule has 0 aliphatic carbocycles. The number of amides is 1. The molecule has 0 aliphatic rings. The lowest BCUT2D eigenvalue weighted by atomic mass is 10.2. The molecule has 1 rings (SSSR count).